The summed E-state index contributed by atoms with van der Waals surface area (Å²) in [4.78, 5) is 25.6. The largest absolute Gasteiger partial charge is 0.497 e. The van der Waals surface area contributed by atoms with Crippen LogP contribution < -0.4 is 29.8 Å². The van der Waals surface area contributed by atoms with Gasteiger partial charge < -0.3 is 28.4 Å². The van der Waals surface area contributed by atoms with Gasteiger partial charge in [0.15, 0.2) is 11.8 Å². The van der Waals surface area contributed by atoms with Crippen LogP contribution in [0.3, 0.4) is 0 Å². The van der Waals surface area contributed by atoms with Crippen LogP contribution in [0.1, 0.15) is 12.6 Å². The topological polar surface area (TPSA) is 130 Å². The monoisotopic (exact) mass is 586 g/mol. The van der Waals surface area contributed by atoms with E-state index in [-0.39, 0.29) is 11.5 Å². The molecule has 1 aliphatic heterocycles. The maximum Gasteiger partial charge on any atom is 0.435 e. The third-order valence-electron chi connectivity index (χ3n) is 5.78. The van der Waals surface area contributed by atoms with Crippen LogP contribution in [-0.4, -0.2) is 53.6 Å². The quantitative estimate of drug-likeness (QED) is 0.323. The van der Waals surface area contributed by atoms with E-state index in [1.807, 2.05) is 4.98 Å². The summed E-state index contributed by atoms with van der Waals surface area (Å²) in [6, 6.07) is 13.6. The lowest BCUT2D eigenvalue weighted by atomic mass is 10.0. The van der Waals surface area contributed by atoms with E-state index >= 15 is 0 Å². The highest BCUT2D eigenvalue weighted by molar-refractivity contribution is 8.07. The molecule has 3 unspecified atom stereocenters. The van der Waals surface area contributed by atoms with Gasteiger partial charge in [0.2, 0.25) is 0 Å². The minimum absolute atomic E-state index is 0.226. The van der Waals surface area contributed by atoms with Gasteiger partial charge in [-0.2, -0.15) is 0 Å². The number of aromatic amines is 1. The highest BCUT2D eigenvalue weighted by Gasteiger charge is 2.54. The Balaban J connectivity index is 1.60. The normalized spacial score (nSPS) is 21.1. The molecule has 1 saturated heterocycles. The summed E-state index contributed by atoms with van der Waals surface area (Å²) >= 11 is 5.57. The third kappa shape index (κ3) is 6.65. The summed E-state index contributed by atoms with van der Waals surface area (Å²) < 4.78 is 62.9. The van der Waals surface area contributed by atoms with Gasteiger partial charge in [-0.05, 0) is 48.5 Å². The highest BCUT2D eigenvalue weighted by Crippen LogP contribution is 2.52. The first-order valence-corrected chi connectivity index (χ1v) is 14.0. The van der Waals surface area contributed by atoms with E-state index in [0.29, 0.717) is 11.5 Å². The van der Waals surface area contributed by atoms with Crippen molar-refractivity contribution >= 4 is 18.5 Å². The van der Waals surface area contributed by atoms with Crippen LogP contribution in [-0.2, 0) is 21.1 Å². The van der Waals surface area contributed by atoms with Gasteiger partial charge >= 0.3 is 12.4 Å². The SMILES string of the molecule is COc1ccc(OP(=S)(OCC2(C(F)F)CC(O)C(n3ccc(=O)[nH]c3=O)O2)Oc2ccc(OC)cc2)cc1. The van der Waals surface area contributed by atoms with Crippen molar-refractivity contribution in [1.29, 1.82) is 0 Å². The number of H-pyrrole nitrogens is 1. The summed E-state index contributed by atoms with van der Waals surface area (Å²) in [5, 5.41) is 10.6. The average Bonchev–Trinajstić information content (AvgIpc) is 3.26. The van der Waals surface area contributed by atoms with Crippen LogP contribution in [0.25, 0.3) is 0 Å². The van der Waals surface area contributed by atoms with E-state index in [1.165, 1.54) is 38.5 Å². The first kappa shape index (κ1) is 28.7. The highest BCUT2D eigenvalue weighted by atomic mass is 32.5. The van der Waals surface area contributed by atoms with E-state index in [0.717, 1.165) is 16.8 Å². The van der Waals surface area contributed by atoms with Crippen LogP contribution in [0.2, 0.25) is 0 Å². The molecule has 2 heterocycles. The zero-order chi connectivity index (χ0) is 28.2. The summed E-state index contributed by atoms with van der Waals surface area (Å²) in [5.41, 5.74) is -4.01. The number of hydrogen-bond donors (Lipinski definition) is 2. The van der Waals surface area contributed by atoms with Gasteiger partial charge in [0.25, 0.3) is 12.0 Å². The van der Waals surface area contributed by atoms with Crippen molar-refractivity contribution in [1.82, 2.24) is 9.55 Å². The van der Waals surface area contributed by atoms with Crippen molar-refractivity contribution in [3.05, 3.63) is 81.6 Å². The second-order valence-electron chi connectivity index (χ2n) is 8.42. The number of nitrogens with one attached hydrogen (secondary N) is 1. The summed E-state index contributed by atoms with van der Waals surface area (Å²) in [6.07, 6.45) is -5.78. The number of aliphatic hydroxyl groups is 1. The first-order chi connectivity index (χ1) is 18.6. The minimum Gasteiger partial charge on any atom is -0.497 e. The second-order valence-corrected chi connectivity index (χ2v) is 11.3. The van der Waals surface area contributed by atoms with Crippen molar-refractivity contribution in [3.63, 3.8) is 0 Å². The molecule has 1 fully saturated rings. The Labute approximate surface area is 226 Å². The number of aliphatic hydroxyl groups excluding tert-OH is 1. The van der Waals surface area contributed by atoms with Crippen molar-refractivity contribution in [2.75, 3.05) is 20.8 Å². The van der Waals surface area contributed by atoms with Crippen molar-refractivity contribution in [3.8, 4) is 23.0 Å². The predicted octanol–water partition coefficient (Wildman–Crippen LogP) is 3.24. The second kappa shape index (κ2) is 11.8. The molecule has 0 bridgehead atoms. The average molecular weight is 587 g/mol. The Bertz CT molecular complexity index is 1380. The standard InChI is InChI=1S/C24H25F2N2O9PS/c1-32-15-3-7-17(8-4-15)36-38(39,37-18-9-5-16(33-2)6-10-18)34-14-24(22(25)26)13-19(29)21(35-24)28-12-11-20(30)27-23(28)31/h3-12,19,21-22,29H,13-14H2,1-2H3,(H,27,30,31). The molecule has 0 saturated carbocycles. The van der Waals surface area contributed by atoms with Gasteiger partial charge in [0.05, 0.1) is 20.8 Å². The van der Waals surface area contributed by atoms with Gasteiger partial charge in [0, 0.05) is 30.5 Å². The van der Waals surface area contributed by atoms with E-state index in [1.54, 1.807) is 24.3 Å². The fraction of sp³-hybridized carbons (Fsp3) is 0.333. The number of aromatic nitrogens is 2. The number of methoxy groups -OCH3 is 2. The van der Waals surface area contributed by atoms with Crippen molar-refractivity contribution < 1.29 is 41.7 Å². The van der Waals surface area contributed by atoms with Crippen LogP contribution in [0.15, 0.2) is 70.4 Å². The molecule has 0 spiro atoms. The van der Waals surface area contributed by atoms with Crippen LogP contribution in [0, 0.1) is 0 Å². The molecule has 0 amide bonds. The zero-order valence-corrected chi connectivity index (χ0v) is 22.4. The molecule has 2 aromatic carbocycles. The first-order valence-electron chi connectivity index (χ1n) is 11.4. The number of rotatable bonds is 11. The van der Waals surface area contributed by atoms with E-state index < -0.39 is 55.4 Å². The Morgan fingerprint density at radius 1 is 1.03 bits per heavy atom. The number of benzene rings is 2. The Hall–Kier alpha value is -3.29. The molecule has 1 aromatic heterocycles. The number of halogens is 2. The number of ether oxygens (including phenoxy) is 3. The van der Waals surface area contributed by atoms with E-state index in [4.69, 9.17) is 39.6 Å². The molecule has 4 rings (SSSR count). The Morgan fingerprint density at radius 3 is 2.00 bits per heavy atom. The molecular weight excluding hydrogens is 561 g/mol. The fourth-order valence-electron chi connectivity index (χ4n) is 3.78. The molecule has 39 heavy (non-hydrogen) atoms. The van der Waals surface area contributed by atoms with E-state index in [2.05, 4.69) is 0 Å². The molecule has 11 nitrogen and oxygen atoms in total. The molecule has 210 valence electrons. The lowest BCUT2D eigenvalue weighted by Crippen LogP contribution is -2.43. The van der Waals surface area contributed by atoms with Gasteiger partial charge in [-0.25, -0.2) is 13.6 Å². The molecule has 1 aliphatic rings. The molecule has 0 radical (unpaired) electrons. The molecule has 15 heteroatoms. The molecule has 0 aliphatic carbocycles. The smallest absolute Gasteiger partial charge is 0.435 e. The molecule has 2 N–H and O–H groups in total. The van der Waals surface area contributed by atoms with Crippen LogP contribution in [0.4, 0.5) is 8.78 Å². The molecular formula is C24H25F2N2O9PS. The molecule has 3 atom stereocenters. The number of nitrogens with zero attached hydrogens (tertiary/aromatic N) is 1. The van der Waals surface area contributed by atoms with Gasteiger partial charge in [-0.15, -0.1) is 0 Å². The van der Waals surface area contributed by atoms with Crippen LogP contribution >= 0.6 is 6.72 Å². The van der Waals surface area contributed by atoms with Gasteiger partial charge in [-0.1, -0.05) is 0 Å². The lowest BCUT2D eigenvalue weighted by molar-refractivity contribution is -0.170. The van der Waals surface area contributed by atoms with Crippen molar-refractivity contribution in [2.24, 2.45) is 0 Å². The van der Waals surface area contributed by atoms with Gasteiger partial charge in [-0.3, -0.25) is 18.9 Å². The maximum absolute atomic E-state index is 14.4. The fourth-order valence-corrected chi connectivity index (χ4v) is 5.73. The van der Waals surface area contributed by atoms with Crippen LogP contribution in [0.5, 0.6) is 23.0 Å². The Kier molecular flexibility index (Phi) is 8.72. The molecule has 3 aromatic rings. The van der Waals surface area contributed by atoms with Gasteiger partial charge in [0.1, 0.15) is 29.1 Å². The number of hydrogen-bond acceptors (Lipinski definition) is 10. The number of alkyl halides is 2. The predicted molar refractivity (Wildman–Crippen MR) is 138 cm³/mol. The summed E-state index contributed by atoms with van der Waals surface area (Å²) in [7, 11) is 2.98. The zero-order valence-electron chi connectivity index (χ0n) is 20.7. The van der Waals surface area contributed by atoms with Crippen molar-refractivity contribution in [2.45, 2.75) is 30.8 Å². The Morgan fingerprint density at radius 2 is 1.54 bits per heavy atom. The third-order valence-corrected chi connectivity index (χ3v) is 7.86. The maximum atomic E-state index is 14.4. The summed E-state index contributed by atoms with van der Waals surface area (Å²) in [5.74, 6) is 1.54. The summed E-state index contributed by atoms with van der Waals surface area (Å²) in [6.45, 7) is -4.68. The lowest BCUT2D eigenvalue weighted by Gasteiger charge is -2.31. The van der Waals surface area contributed by atoms with E-state index in [9.17, 15) is 23.5 Å². The minimum atomic E-state index is -3.83.